The number of carbonyl (C=O) groups excluding carboxylic acids is 2. The van der Waals surface area contributed by atoms with Gasteiger partial charge in [-0.15, -0.1) is 0 Å². The number of hydrogen-bond acceptors (Lipinski definition) is 2. The van der Waals surface area contributed by atoms with Crippen LogP contribution >= 0.6 is 0 Å². The molecule has 144 valence electrons. The van der Waals surface area contributed by atoms with Crippen LogP contribution in [-0.2, 0) is 17.9 Å². The highest BCUT2D eigenvalue weighted by atomic mass is 16.2. The fourth-order valence-corrected chi connectivity index (χ4v) is 3.02. The molecular weight excluding hydrogens is 350 g/mol. The van der Waals surface area contributed by atoms with Crippen LogP contribution < -0.4 is 10.6 Å². The van der Waals surface area contributed by atoms with Crippen molar-refractivity contribution in [1.82, 2.24) is 9.88 Å². The fraction of sp³-hybridized carbons (Fsp3) is 0.217. The van der Waals surface area contributed by atoms with Crippen LogP contribution in [0.1, 0.15) is 41.4 Å². The molecule has 0 aliphatic heterocycles. The molecule has 0 fully saturated rings. The van der Waals surface area contributed by atoms with Crippen LogP contribution in [-0.4, -0.2) is 16.4 Å². The van der Waals surface area contributed by atoms with E-state index in [4.69, 9.17) is 0 Å². The van der Waals surface area contributed by atoms with Gasteiger partial charge in [0, 0.05) is 31.4 Å². The third-order valence-electron chi connectivity index (χ3n) is 4.40. The Labute approximate surface area is 165 Å². The van der Waals surface area contributed by atoms with Gasteiger partial charge in [-0.2, -0.15) is 0 Å². The van der Waals surface area contributed by atoms with E-state index in [2.05, 4.69) is 10.6 Å². The minimum Gasteiger partial charge on any atom is -0.347 e. The Morgan fingerprint density at radius 3 is 2.50 bits per heavy atom. The number of hydrogen-bond donors (Lipinski definition) is 2. The van der Waals surface area contributed by atoms with Crippen LogP contribution in [0.5, 0.6) is 0 Å². The number of anilines is 1. The summed E-state index contributed by atoms with van der Waals surface area (Å²) >= 11 is 0. The summed E-state index contributed by atoms with van der Waals surface area (Å²) in [7, 11) is 0. The highest BCUT2D eigenvalue weighted by molar-refractivity contribution is 5.93. The third-order valence-corrected chi connectivity index (χ3v) is 4.40. The van der Waals surface area contributed by atoms with Crippen LogP contribution in [0.2, 0.25) is 0 Å². The largest absolute Gasteiger partial charge is 0.347 e. The second-order valence-electron chi connectivity index (χ2n) is 6.69. The molecular formula is C23H25N3O2. The normalized spacial score (nSPS) is 10.5. The molecule has 28 heavy (non-hydrogen) atoms. The molecule has 5 heteroatoms. The lowest BCUT2D eigenvalue weighted by molar-refractivity contribution is -0.116. The first-order chi connectivity index (χ1) is 13.7. The molecule has 0 saturated heterocycles. The Hall–Kier alpha value is -3.34. The van der Waals surface area contributed by atoms with Crippen molar-refractivity contribution in [2.75, 3.05) is 5.32 Å². The molecule has 0 saturated carbocycles. The summed E-state index contributed by atoms with van der Waals surface area (Å²) in [5.41, 5.74) is 3.45. The predicted molar refractivity (Wildman–Crippen MR) is 111 cm³/mol. The average molecular weight is 375 g/mol. The Bertz CT molecular complexity index is 932. The van der Waals surface area contributed by atoms with E-state index in [-0.39, 0.29) is 11.8 Å². The lowest BCUT2D eigenvalue weighted by Gasteiger charge is -2.11. The van der Waals surface area contributed by atoms with Crippen LogP contribution in [0.3, 0.4) is 0 Å². The van der Waals surface area contributed by atoms with Gasteiger partial charge in [0.15, 0.2) is 0 Å². The molecule has 2 aromatic carbocycles. The quantitative estimate of drug-likeness (QED) is 0.620. The zero-order valence-electron chi connectivity index (χ0n) is 16.0. The minimum absolute atomic E-state index is 0.00225. The van der Waals surface area contributed by atoms with Gasteiger partial charge in [-0.25, -0.2) is 0 Å². The van der Waals surface area contributed by atoms with Gasteiger partial charge < -0.3 is 15.2 Å². The lowest BCUT2D eigenvalue weighted by Crippen LogP contribution is -2.25. The van der Waals surface area contributed by atoms with Crippen molar-refractivity contribution < 1.29 is 9.59 Å². The van der Waals surface area contributed by atoms with E-state index in [1.807, 2.05) is 84.4 Å². The van der Waals surface area contributed by atoms with E-state index < -0.39 is 0 Å². The average Bonchev–Trinajstić information content (AvgIpc) is 3.15. The second kappa shape index (κ2) is 9.55. The van der Waals surface area contributed by atoms with Gasteiger partial charge in [0.05, 0.1) is 0 Å². The molecule has 5 nitrogen and oxygen atoms in total. The Morgan fingerprint density at radius 1 is 0.929 bits per heavy atom. The predicted octanol–water partition coefficient (Wildman–Crippen LogP) is 4.21. The van der Waals surface area contributed by atoms with Crippen molar-refractivity contribution in [3.8, 4) is 0 Å². The standard InChI is InChI=1S/C23H25N3O2/c1-2-8-22(27)25-20-12-6-11-19(15-20)16-24-23(28)21-13-7-14-26(21)17-18-9-4-3-5-10-18/h3-7,9-15H,2,8,16-17H2,1H3,(H,24,28)(H,25,27). The van der Waals surface area contributed by atoms with E-state index in [0.29, 0.717) is 25.2 Å². The van der Waals surface area contributed by atoms with Crippen LogP contribution in [0.15, 0.2) is 72.9 Å². The van der Waals surface area contributed by atoms with Gasteiger partial charge >= 0.3 is 0 Å². The number of nitrogens with one attached hydrogen (secondary N) is 2. The smallest absolute Gasteiger partial charge is 0.268 e. The molecule has 0 aliphatic carbocycles. The Kier molecular flexibility index (Phi) is 6.63. The topological polar surface area (TPSA) is 63.1 Å². The van der Waals surface area contributed by atoms with Gasteiger partial charge in [0.1, 0.15) is 5.69 Å². The summed E-state index contributed by atoms with van der Waals surface area (Å²) in [6.07, 6.45) is 3.22. The van der Waals surface area contributed by atoms with Crippen molar-refractivity contribution in [3.05, 3.63) is 89.7 Å². The molecule has 1 aromatic heterocycles. The van der Waals surface area contributed by atoms with E-state index in [1.54, 1.807) is 0 Å². The number of amides is 2. The molecule has 2 N–H and O–H groups in total. The Morgan fingerprint density at radius 2 is 1.71 bits per heavy atom. The third kappa shape index (κ3) is 5.33. The molecule has 1 heterocycles. The van der Waals surface area contributed by atoms with Gasteiger partial charge in [-0.3, -0.25) is 9.59 Å². The first-order valence-corrected chi connectivity index (χ1v) is 9.51. The molecule has 0 atom stereocenters. The first kappa shape index (κ1) is 19.4. The van der Waals surface area contributed by atoms with E-state index >= 15 is 0 Å². The molecule has 0 aliphatic rings. The second-order valence-corrected chi connectivity index (χ2v) is 6.69. The van der Waals surface area contributed by atoms with Crippen molar-refractivity contribution in [2.24, 2.45) is 0 Å². The molecule has 0 radical (unpaired) electrons. The van der Waals surface area contributed by atoms with Crippen LogP contribution in [0.25, 0.3) is 0 Å². The summed E-state index contributed by atoms with van der Waals surface area (Å²) in [5.74, 6) is -0.122. The van der Waals surface area contributed by atoms with E-state index in [1.165, 1.54) is 0 Å². The van der Waals surface area contributed by atoms with Crippen molar-refractivity contribution >= 4 is 17.5 Å². The van der Waals surface area contributed by atoms with Crippen molar-refractivity contribution in [1.29, 1.82) is 0 Å². The van der Waals surface area contributed by atoms with E-state index in [9.17, 15) is 9.59 Å². The first-order valence-electron chi connectivity index (χ1n) is 9.51. The monoisotopic (exact) mass is 375 g/mol. The molecule has 3 aromatic rings. The van der Waals surface area contributed by atoms with Gasteiger partial charge in [-0.1, -0.05) is 49.4 Å². The number of benzene rings is 2. The number of aromatic nitrogens is 1. The molecule has 0 bridgehead atoms. The number of carbonyl (C=O) groups is 2. The summed E-state index contributed by atoms with van der Waals surface area (Å²) in [6.45, 7) is 3.02. The Balaban J connectivity index is 1.61. The molecule has 0 spiro atoms. The fourth-order valence-electron chi connectivity index (χ4n) is 3.02. The van der Waals surface area contributed by atoms with Crippen molar-refractivity contribution in [3.63, 3.8) is 0 Å². The van der Waals surface area contributed by atoms with Crippen LogP contribution in [0, 0.1) is 0 Å². The molecule has 2 amide bonds. The maximum atomic E-state index is 12.6. The summed E-state index contributed by atoms with van der Waals surface area (Å²) < 4.78 is 1.94. The molecule has 3 rings (SSSR count). The summed E-state index contributed by atoms with van der Waals surface area (Å²) in [6, 6.07) is 21.3. The van der Waals surface area contributed by atoms with Gasteiger partial charge in [0.25, 0.3) is 5.91 Å². The highest BCUT2D eigenvalue weighted by Crippen LogP contribution is 2.12. The highest BCUT2D eigenvalue weighted by Gasteiger charge is 2.11. The summed E-state index contributed by atoms with van der Waals surface area (Å²) in [4.78, 5) is 24.4. The van der Waals surface area contributed by atoms with Crippen molar-refractivity contribution in [2.45, 2.75) is 32.9 Å². The minimum atomic E-state index is -0.124. The zero-order chi connectivity index (χ0) is 19.8. The molecule has 0 unspecified atom stereocenters. The number of nitrogens with zero attached hydrogens (tertiary/aromatic N) is 1. The van der Waals surface area contributed by atoms with Gasteiger partial charge in [0.2, 0.25) is 5.91 Å². The lowest BCUT2D eigenvalue weighted by atomic mass is 10.2. The summed E-state index contributed by atoms with van der Waals surface area (Å²) in [5, 5.41) is 5.84. The van der Waals surface area contributed by atoms with Gasteiger partial charge in [-0.05, 0) is 41.8 Å². The van der Waals surface area contributed by atoms with Crippen LogP contribution in [0.4, 0.5) is 5.69 Å². The maximum absolute atomic E-state index is 12.6. The number of rotatable bonds is 8. The van der Waals surface area contributed by atoms with E-state index in [0.717, 1.165) is 23.2 Å². The SMILES string of the molecule is CCCC(=O)Nc1cccc(CNC(=O)c2cccn2Cc2ccccc2)c1. The maximum Gasteiger partial charge on any atom is 0.268 e. The zero-order valence-corrected chi connectivity index (χ0v) is 16.0.